The minimum absolute atomic E-state index is 0.140. The van der Waals surface area contributed by atoms with E-state index in [1.165, 1.54) is 44.5 Å². The largest absolute Gasteiger partial charge is 0.543 e. The van der Waals surface area contributed by atoms with Gasteiger partial charge in [-0.25, -0.2) is 0 Å². The standard InChI is InChI=1S/C41H49NOSi/c1-27(2)33-16-13-17-34(28(3)4)39(33)42-26-31-15-11-12-20-38(31)43-44(9,10)40-29(5)25-37-35(18-14-19-36(37)40)30-21-23-32(24-22-30)41(6,7)8/h11-28,40H,1-10H3. The molecule has 0 spiro atoms. The first-order valence-electron chi connectivity index (χ1n) is 16.1. The van der Waals surface area contributed by atoms with Crippen molar-refractivity contribution in [1.29, 1.82) is 0 Å². The van der Waals surface area contributed by atoms with Crippen LogP contribution in [-0.4, -0.2) is 14.5 Å². The lowest BCUT2D eigenvalue weighted by molar-refractivity contribution is 0.536. The van der Waals surface area contributed by atoms with E-state index in [-0.39, 0.29) is 11.0 Å². The number of benzene rings is 4. The van der Waals surface area contributed by atoms with E-state index in [2.05, 4.69) is 159 Å². The number of hydrogen-bond acceptors (Lipinski definition) is 2. The van der Waals surface area contributed by atoms with Gasteiger partial charge in [0.15, 0.2) is 0 Å². The van der Waals surface area contributed by atoms with E-state index in [0.29, 0.717) is 11.8 Å². The SMILES string of the molecule is CC1=Cc2c(-c3ccc(C(C)(C)C)cc3)cccc2C1[Si](C)(C)Oc1ccccc1C=Nc1c(C(C)C)cccc1C(C)C. The topological polar surface area (TPSA) is 21.6 Å². The highest BCUT2D eigenvalue weighted by Crippen LogP contribution is 2.46. The van der Waals surface area contributed by atoms with Crippen LogP contribution in [0.15, 0.2) is 95.5 Å². The Labute approximate surface area is 267 Å². The fourth-order valence-electron chi connectivity index (χ4n) is 6.69. The van der Waals surface area contributed by atoms with Crippen LogP contribution < -0.4 is 4.43 Å². The number of fused-ring (bicyclic) bond motifs is 1. The minimum Gasteiger partial charge on any atom is -0.543 e. The molecular formula is C41H49NOSi. The molecule has 0 N–H and O–H groups in total. The van der Waals surface area contributed by atoms with Crippen molar-refractivity contribution < 1.29 is 4.43 Å². The van der Waals surface area contributed by atoms with Crippen molar-refractivity contribution >= 4 is 26.3 Å². The summed E-state index contributed by atoms with van der Waals surface area (Å²) >= 11 is 0. The number of hydrogen-bond donors (Lipinski definition) is 0. The normalized spacial score (nSPS) is 15.3. The predicted octanol–water partition coefficient (Wildman–Crippen LogP) is 12.0. The zero-order valence-electron chi connectivity index (χ0n) is 28.3. The van der Waals surface area contributed by atoms with Crippen molar-refractivity contribution in [3.05, 3.63) is 124 Å². The molecular weight excluding hydrogens is 551 g/mol. The van der Waals surface area contributed by atoms with E-state index in [0.717, 1.165) is 17.0 Å². The van der Waals surface area contributed by atoms with Gasteiger partial charge in [0.25, 0.3) is 8.32 Å². The summed E-state index contributed by atoms with van der Waals surface area (Å²) in [5.41, 5.74) is 13.1. The van der Waals surface area contributed by atoms with E-state index >= 15 is 0 Å². The molecule has 0 saturated carbocycles. The van der Waals surface area contributed by atoms with Crippen LogP contribution in [0.2, 0.25) is 13.1 Å². The zero-order chi connectivity index (χ0) is 31.8. The Balaban J connectivity index is 1.47. The first kappa shape index (κ1) is 31.7. The Morgan fingerprint density at radius 3 is 2.00 bits per heavy atom. The van der Waals surface area contributed by atoms with Gasteiger partial charge in [-0.3, -0.25) is 4.99 Å². The Kier molecular flexibility index (Phi) is 8.91. The van der Waals surface area contributed by atoms with Gasteiger partial charge in [-0.15, -0.1) is 0 Å². The maximum Gasteiger partial charge on any atom is 0.256 e. The van der Waals surface area contributed by atoms with E-state index in [1.807, 2.05) is 6.21 Å². The molecule has 228 valence electrons. The van der Waals surface area contributed by atoms with Crippen LogP contribution in [0.25, 0.3) is 17.2 Å². The van der Waals surface area contributed by atoms with Crippen molar-refractivity contribution in [2.75, 3.05) is 0 Å². The Morgan fingerprint density at radius 2 is 1.39 bits per heavy atom. The summed E-state index contributed by atoms with van der Waals surface area (Å²) in [5.74, 6) is 1.71. The first-order valence-corrected chi connectivity index (χ1v) is 19.1. The maximum absolute atomic E-state index is 7.09. The Morgan fingerprint density at radius 1 is 0.773 bits per heavy atom. The Hall–Kier alpha value is -3.69. The average Bonchev–Trinajstić information content (AvgIpc) is 3.32. The summed E-state index contributed by atoms with van der Waals surface area (Å²) in [6.45, 7) is 22.8. The third-order valence-corrected chi connectivity index (χ3v) is 11.9. The highest BCUT2D eigenvalue weighted by Gasteiger charge is 2.42. The molecule has 1 aliphatic carbocycles. The molecule has 4 aromatic carbocycles. The summed E-state index contributed by atoms with van der Waals surface area (Å²) in [7, 11) is -2.31. The number of nitrogens with zero attached hydrogens (tertiary/aromatic N) is 1. The molecule has 44 heavy (non-hydrogen) atoms. The van der Waals surface area contributed by atoms with Crippen LogP contribution in [0.3, 0.4) is 0 Å². The summed E-state index contributed by atoms with van der Waals surface area (Å²) in [6.07, 6.45) is 4.41. The van der Waals surface area contributed by atoms with Gasteiger partial charge in [0.1, 0.15) is 5.75 Å². The van der Waals surface area contributed by atoms with Gasteiger partial charge in [-0.1, -0.05) is 133 Å². The first-order chi connectivity index (χ1) is 20.8. The van der Waals surface area contributed by atoms with Gasteiger partial charge in [-0.2, -0.15) is 0 Å². The molecule has 0 aliphatic heterocycles. The van der Waals surface area contributed by atoms with Crippen LogP contribution in [0, 0.1) is 0 Å². The second kappa shape index (κ2) is 12.4. The zero-order valence-corrected chi connectivity index (χ0v) is 29.3. The minimum atomic E-state index is -2.31. The van der Waals surface area contributed by atoms with Gasteiger partial charge >= 0.3 is 0 Å². The van der Waals surface area contributed by atoms with Crippen LogP contribution in [0.1, 0.15) is 106 Å². The van der Waals surface area contributed by atoms with Gasteiger partial charge in [0.2, 0.25) is 0 Å². The fraction of sp³-hybridized carbons (Fsp3) is 0.341. The molecule has 1 aliphatic rings. The van der Waals surface area contributed by atoms with Crippen molar-refractivity contribution in [2.45, 2.75) is 91.3 Å². The number of rotatable bonds is 8. The molecule has 1 atom stereocenters. The van der Waals surface area contributed by atoms with Crippen molar-refractivity contribution in [3.63, 3.8) is 0 Å². The lowest BCUT2D eigenvalue weighted by atomic mass is 9.86. The van der Waals surface area contributed by atoms with Crippen molar-refractivity contribution in [1.82, 2.24) is 0 Å². The second-order valence-corrected chi connectivity index (χ2v) is 18.5. The maximum atomic E-state index is 7.09. The van der Waals surface area contributed by atoms with Gasteiger partial charge in [0.05, 0.1) is 5.69 Å². The summed E-state index contributed by atoms with van der Waals surface area (Å²) in [6, 6.07) is 30.9. The lowest BCUT2D eigenvalue weighted by Gasteiger charge is -2.33. The summed E-state index contributed by atoms with van der Waals surface area (Å²) < 4.78 is 7.09. The molecule has 0 amide bonds. The van der Waals surface area contributed by atoms with Crippen molar-refractivity contribution in [3.8, 4) is 16.9 Å². The quantitative estimate of drug-likeness (QED) is 0.146. The highest BCUT2D eigenvalue weighted by molar-refractivity contribution is 6.74. The highest BCUT2D eigenvalue weighted by atomic mass is 28.4. The third-order valence-electron chi connectivity index (χ3n) is 9.00. The van der Waals surface area contributed by atoms with E-state index in [9.17, 15) is 0 Å². The molecule has 0 radical (unpaired) electrons. The lowest BCUT2D eigenvalue weighted by Crippen LogP contribution is -2.42. The fourth-order valence-corrected chi connectivity index (χ4v) is 9.74. The summed E-state index contributed by atoms with van der Waals surface area (Å²) in [4.78, 5) is 5.12. The van der Waals surface area contributed by atoms with Crippen molar-refractivity contribution in [2.24, 2.45) is 4.99 Å². The number of allylic oxidation sites excluding steroid dienone is 1. The van der Waals surface area contributed by atoms with Crippen LogP contribution in [0.5, 0.6) is 5.75 Å². The molecule has 1 unspecified atom stereocenters. The van der Waals surface area contributed by atoms with Crippen LogP contribution in [-0.2, 0) is 5.41 Å². The molecule has 4 aromatic rings. The molecule has 0 aromatic heterocycles. The summed E-state index contributed by atoms with van der Waals surface area (Å²) in [5, 5.41) is 0. The number of para-hydroxylation sites is 2. The molecule has 5 rings (SSSR count). The average molecular weight is 600 g/mol. The molecule has 0 fully saturated rings. The second-order valence-electron chi connectivity index (χ2n) is 14.6. The predicted molar refractivity (Wildman–Crippen MR) is 193 cm³/mol. The van der Waals surface area contributed by atoms with E-state index in [1.54, 1.807) is 0 Å². The van der Waals surface area contributed by atoms with Gasteiger partial charge < -0.3 is 4.43 Å². The Bertz CT molecular complexity index is 1670. The molecule has 0 saturated heterocycles. The molecule has 0 heterocycles. The van der Waals surface area contributed by atoms with Gasteiger partial charge in [-0.05, 0) is 88.3 Å². The smallest absolute Gasteiger partial charge is 0.256 e. The monoisotopic (exact) mass is 599 g/mol. The molecule has 2 nitrogen and oxygen atoms in total. The van der Waals surface area contributed by atoms with Gasteiger partial charge in [0, 0.05) is 17.3 Å². The molecule has 0 bridgehead atoms. The van der Waals surface area contributed by atoms with Crippen LogP contribution >= 0.6 is 0 Å². The molecule has 3 heteroatoms. The van der Waals surface area contributed by atoms with E-state index in [4.69, 9.17) is 9.42 Å². The number of aliphatic imine (C=N–C) groups is 1. The van der Waals surface area contributed by atoms with Crippen LogP contribution in [0.4, 0.5) is 5.69 Å². The van der Waals surface area contributed by atoms with E-state index < -0.39 is 8.32 Å². The third kappa shape index (κ3) is 6.40.